The number of nitrogens with zero attached hydrogens (tertiary/aromatic N) is 2. The van der Waals surface area contributed by atoms with E-state index in [0.29, 0.717) is 24.1 Å². The van der Waals surface area contributed by atoms with Gasteiger partial charge in [0.1, 0.15) is 17.5 Å². The normalized spacial score (nSPS) is 15.8. The summed E-state index contributed by atoms with van der Waals surface area (Å²) in [5.41, 5.74) is 0.500. The van der Waals surface area contributed by atoms with Gasteiger partial charge in [-0.15, -0.1) is 0 Å². The van der Waals surface area contributed by atoms with E-state index in [9.17, 15) is 0 Å². The molecular formula is C14H18IN3O. The van der Waals surface area contributed by atoms with Gasteiger partial charge in [-0.3, -0.25) is 0 Å². The molecule has 0 radical (unpaired) electrons. The predicted octanol–water partition coefficient (Wildman–Crippen LogP) is 3.70. The second-order valence-corrected chi connectivity index (χ2v) is 5.86. The molecule has 0 spiro atoms. The smallest absolute Gasteiger partial charge is 0.233 e. The summed E-state index contributed by atoms with van der Waals surface area (Å²) in [5.74, 6) is 1.28. The molecule has 1 aromatic heterocycles. The minimum absolute atomic E-state index is 0.434. The molecule has 1 aromatic rings. The molecule has 0 saturated heterocycles. The Bertz CT molecular complexity index is 478. The molecule has 1 aliphatic carbocycles. The Labute approximate surface area is 127 Å². The highest BCUT2D eigenvalue weighted by Crippen LogP contribution is 2.27. The van der Waals surface area contributed by atoms with E-state index < -0.39 is 0 Å². The standard InChI is InChI=1S/C14H18IN3O/c1-2-19-14-10(9-16)8-12(15)13(18-14)17-11-6-4-3-5-7-11/h8,11H,2-7H2,1H3,(H,17,18). The van der Waals surface area contributed by atoms with Gasteiger partial charge in [-0.25, -0.2) is 0 Å². The van der Waals surface area contributed by atoms with Crippen molar-refractivity contribution in [2.24, 2.45) is 0 Å². The first-order valence-corrected chi connectivity index (χ1v) is 7.82. The molecule has 0 amide bonds. The molecule has 102 valence electrons. The largest absolute Gasteiger partial charge is 0.477 e. The third-order valence-electron chi connectivity index (χ3n) is 3.29. The molecule has 0 aromatic carbocycles. The molecular weight excluding hydrogens is 353 g/mol. The fraction of sp³-hybridized carbons (Fsp3) is 0.571. The number of anilines is 1. The van der Waals surface area contributed by atoms with Crippen LogP contribution in [-0.2, 0) is 0 Å². The second kappa shape index (κ2) is 6.94. The van der Waals surface area contributed by atoms with E-state index in [1.807, 2.05) is 13.0 Å². The number of hydrogen-bond acceptors (Lipinski definition) is 4. The van der Waals surface area contributed by atoms with Gasteiger partial charge in [-0.05, 0) is 48.4 Å². The average molecular weight is 371 g/mol. The van der Waals surface area contributed by atoms with E-state index >= 15 is 0 Å². The van der Waals surface area contributed by atoms with Crippen LogP contribution < -0.4 is 10.1 Å². The van der Waals surface area contributed by atoms with Crippen molar-refractivity contribution >= 4 is 28.4 Å². The van der Waals surface area contributed by atoms with Crippen LogP contribution in [0.3, 0.4) is 0 Å². The molecule has 4 nitrogen and oxygen atoms in total. The van der Waals surface area contributed by atoms with Crippen LogP contribution in [-0.4, -0.2) is 17.6 Å². The van der Waals surface area contributed by atoms with Gasteiger partial charge in [0, 0.05) is 6.04 Å². The lowest BCUT2D eigenvalue weighted by molar-refractivity contribution is 0.326. The highest BCUT2D eigenvalue weighted by atomic mass is 127. The lowest BCUT2D eigenvalue weighted by Gasteiger charge is -2.24. The zero-order valence-electron chi connectivity index (χ0n) is 11.1. The topological polar surface area (TPSA) is 57.9 Å². The first kappa shape index (κ1) is 14.4. The van der Waals surface area contributed by atoms with E-state index in [1.165, 1.54) is 32.1 Å². The van der Waals surface area contributed by atoms with Crippen LogP contribution in [0.25, 0.3) is 0 Å². The maximum absolute atomic E-state index is 9.09. The fourth-order valence-corrected chi connectivity index (χ4v) is 2.93. The molecule has 19 heavy (non-hydrogen) atoms. The van der Waals surface area contributed by atoms with Gasteiger partial charge in [0.05, 0.1) is 10.2 Å². The Kier molecular flexibility index (Phi) is 5.25. The first-order chi connectivity index (χ1) is 9.24. The Balaban J connectivity index is 2.19. The van der Waals surface area contributed by atoms with Crippen LogP contribution in [0.15, 0.2) is 6.07 Å². The number of nitrogens with one attached hydrogen (secondary N) is 1. The monoisotopic (exact) mass is 371 g/mol. The van der Waals surface area contributed by atoms with Crippen LogP contribution in [0.4, 0.5) is 5.82 Å². The van der Waals surface area contributed by atoms with Crippen molar-refractivity contribution < 1.29 is 4.74 Å². The van der Waals surface area contributed by atoms with Gasteiger partial charge < -0.3 is 10.1 Å². The molecule has 0 bridgehead atoms. The zero-order chi connectivity index (χ0) is 13.7. The fourth-order valence-electron chi connectivity index (χ4n) is 2.34. The quantitative estimate of drug-likeness (QED) is 0.820. The van der Waals surface area contributed by atoms with Gasteiger partial charge in [0.25, 0.3) is 0 Å². The van der Waals surface area contributed by atoms with Crippen molar-refractivity contribution in [1.29, 1.82) is 5.26 Å². The lowest BCUT2D eigenvalue weighted by Crippen LogP contribution is -2.23. The van der Waals surface area contributed by atoms with Gasteiger partial charge in [-0.2, -0.15) is 10.2 Å². The number of halogens is 1. The predicted molar refractivity (Wildman–Crippen MR) is 83.3 cm³/mol. The minimum Gasteiger partial charge on any atom is -0.477 e. The van der Waals surface area contributed by atoms with Gasteiger partial charge in [0.15, 0.2) is 0 Å². The third kappa shape index (κ3) is 3.72. The Morgan fingerprint density at radius 1 is 1.47 bits per heavy atom. The lowest BCUT2D eigenvalue weighted by atomic mass is 9.95. The number of ether oxygens (including phenoxy) is 1. The molecule has 0 unspecified atom stereocenters. The maximum Gasteiger partial charge on any atom is 0.233 e. The van der Waals surface area contributed by atoms with E-state index in [1.54, 1.807) is 0 Å². The minimum atomic E-state index is 0.434. The van der Waals surface area contributed by atoms with Gasteiger partial charge >= 0.3 is 0 Å². The van der Waals surface area contributed by atoms with E-state index in [0.717, 1.165) is 9.39 Å². The molecule has 0 atom stereocenters. The number of nitriles is 1. The van der Waals surface area contributed by atoms with Crippen LogP contribution in [0.1, 0.15) is 44.6 Å². The van der Waals surface area contributed by atoms with Crippen molar-refractivity contribution in [3.05, 3.63) is 15.2 Å². The summed E-state index contributed by atoms with van der Waals surface area (Å²) in [7, 11) is 0. The molecule has 0 aliphatic heterocycles. The van der Waals surface area contributed by atoms with E-state index in [2.05, 4.69) is 39.0 Å². The van der Waals surface area contributed by atoms with Crippen molar-refractivity contribution in [3.8, 4) is 11.9 Å². The number of hydrogen-bond donors (Lipinski definition) is 1. The van der Waals surface area contributed by atoms with Crippen LogP contribution in [0.2, 0.25) is 0 Å². The number of rotatable bonds is 4. The van der Waals surface area contributed by atoms with Crippen molar-refractivity contribution in [1.82, 2.24) is 4.98 Å². The molecule has 1 N–H and O–H groups in total. The summed E-state index contributed by atoms with van der Waals surface area (Å²) in [4.78, 5) is 4.46. The summed E-state index contributed by atoms with van der Waals surface area (Å²) in [5, 5.41) is 12.6. The SMILES string of the molecule is CCOc1nc(NC2CCCCC2)c(I)cc1C#N. The van der Waals surface area contributed by atoms with Gasteiger partial charge in [-0.1, -0.05) is 19.3 Å². The Hall–Kier alpha value is -1.03. The van der Waals surface area contributed by atoms with Gasteiger partial charge in [0.2, 0.25) is 5.88 Å². The zero-order valence-corrected chi connectivity index (χ0v) is 13.2. The highest BCUT2D eigenvalue weighted by Gasteiger charge is 2.17. The summed E-state index contributed by atoms with van der Waals surface area (Å²) in [6.45, 7) is 2.42. The maximum atomic E-state index is 9.09. The van der Waals surface area contributed by atoms with Crippen molar-refractivity contribution in [2.45, 2.75) is 45.1 Å². The molecule has 1 heterocycles. The third-order valence-corrected chi connectivity index (χ3v) is 4.11. The summed E-state index contributed by atoms with van der Waals surface area (Å²) in [6, 6.07) is 4.47. The average Bonchev–Trinajstić information content (AvgIpc) is 2.43. The van der Waals surface area contributed by atoms with Crippen LogP contribution in [0.5, 0.6) is 5.88 Å². The first-order valence-electron chi connectivity index (χ1n) is 6.74. The van der Waals surface area contributed by atoms with Crippen LogP contribution in [0, 0.1) is 14.9 Å². The Morgan fingerprint density at radius 3 is 2.84 bits per heavy atom. The summed E-state index contributed by atoms with van der Waals surface area (Å²) in [6.07, 6.45) is 6.29. The second-order valence-electron chi connectivity index (χ2n) is 4.70. The number of aromatic nitrogens is 1. The van der Waals surface area contributed by atoms with Crippen LogP contribution >= 0.6 is 22.6 Å². The van der Waals surface area contributed by atoms with Crippen molar-refractivity contribution in [3.63, 3.8) is 0 Å². The van der Waals surface area contributed by atoms with E-state index in [4.69, 9.17) is 10.00 Å². The Morgan fingerprint density at radius 2 is 2.21 bits per heavy atom. The van der Waals surface area contributed by atoms with Crippen molar-refractivity contribution in [2.75, 3.05) is 11.9 Å². The molecule has 2 rings (SSSR count). The molecule has 1 fully saturated rings. The summed E-state index contributed by atoms with van der Waals surface area (Å²) < 4.78 is 6.41. The highest BCUT2D eigenvalue weighted by molar-refractivity contribution is 14.1. The van der Waals surface area contributed by atoms with E-state index in [-0.39, 0.29) is 0 Å². The summed E-state index contributed by atoms with van der Waals surface area (Å²) >= 11 is 2.22. The molecule has 1 aliphatic rings. The molecule has 1 saturated carbocycles. The molecule has 5 heteroatoms. The number of pyridine rings is 1.